The first-order valence-corrected chi connectivity index (χ1v) is 6.90. The highest BCUT2D eigenvalue weighted by molar-refractivity contribution is 8.00. The number of hydrogen-bond donors (Lipinski definition) is 1. The Morgan fingerprint density at radius 2 is 2.24 bits per heavy atom. The molecule has 0 radical (unpaired) electrons. The Hall–Kier alpha value is -0.840. The van der Waals surface area contributed by atoms with E-state index in [0.29, 0.717) is 5.78 Å². The molecule has 0 saturated heterocycles. The molecule has 3 atom stereocenters. The van der Waals surface area contributed by atoms with Gasteiger partial charge >= 0.3 is 0 Å². The molecule has 3 rings (SSSR count). The summed E-state index contributed by atoms with van der Waals surface area (Å²) >= 11 is 1.55. The lowest BCUT2D eigenvalue weighted by molar-refractivity contribution is -0.122. The summed E-state index contributed by atoms with van der Waals surface area (Å²) in [7, 11) is 0. The average molecular weight is 251 g/mol. The molecule has 3 unspecified atom stereocenters. The third-order valence-corrected chi connectivity index (χ3v) is 6.51. The first-order valence-electron chi connectivity index (χ1n) is 6.02. The van der Waals surface area contributed by atoms with Crippen LogP contribution in [0, 0.1) is 16.7 Å². The van der Waals surface area contributed by atoms with E-state index in [1.807, 2.05) is 0 Å². The van der Waals surface area contributed by atoms with Crippen LogP contribution in [-0.2, 0) is 4.79 Å². The number of rotatable bonds is 2. The van der Waals surface area contributed by atoms with E-state index in [1.165, 1.54) is 6.33 Å². The summed E-state index contributed by atoms with van der Waals surface area (Å²) in [6.07, 6.45) is 3.69. The van der Waals surface area contributed by atoms with Gasteiger partial charge in [-0.1, -0.05) is 32.5 Å². The number of Topliss-reactive ketones (excluding diaryl/α,β-unsaturated/α-hetero) is 1. The smallest absolute Gasteiger partial charge is 0.184 e. The molecular formula is C12H17N3OS. The van der Waals surface area contributed by atoms with E-state index in [0.717, 1.165) is 18.0 Å². The van der Waals surface area contributed by atoms with Gasteiger partial charge in [-0.15, -0.1) is 0 Å². The molecular weight excluding hydrogens is 234 g/mol. The van der Waals surface area contributed by atoms with Gasteiger partial charge in [0.1, 0.15) is 12.1 Å². The van der Waals surface area contributed by atoms with Crippen LogP contribution in [0.25, 0.3) is 0 Å². The van der Waals surface area contributed by atoms with Gasteiger partial charge in [0.25, 0.3) is 0 Å². The molecule has 1 N–H and O–H groups in total. The van der Waals surface area contributed by atoms with Crippen LogP contribution >= 0.6 is 11.8 Å². The van der Waals surface area contributed by atoms with Crippen molar-refractivity contribution in [1.29, 1.82) is 0 Å². The number of H-pyrrole nitrogens is 1. The standard InChI is InChI=1S/C12H17N3OS/c1-11(2)7-4-5-12(11,3)9(8(7)16)17-10-13-6-14-15-10/h6-7,9H,4-5H2,1-3H3,(H,13,14,15). The van der Waals surface area contributed by atoms with Gasteiger partial charge in [-0.05, 0) is 23.7 Å². The van der Waals surface area contributed by atoms with Gasteiger partial charge < -0.3 is 0 Å². The summed E-state index contributed by atoms with van der Waals surface area (Å²) in [5.74, 6) is 0.637. The highest BCUT2D eigenvalue weighted by Crippen LogP contribution is 2.66. The number of carbonyl (C=O) groups is 1. The van der Waals surface area contributed by atoms with Gasteiger partial charge in [-0.2, -0.15) is 5.10 Å². The van der Waals surface area contributed by atoms with Crippen molar-refractivity contribution in [3.63, 3.8) is 0 Å². The monoisotopic (exact) mass is 251 g/mol. The Morgan fingerprint density at radius 3 is 2.76 bits per heavy atom. The summed E-state index contributed by atoms with van der Waals surface area (Å²) < 4.78 is 0. The molecule has 0 amide bonds. The lowest BCUT2D eigenvalue weighted by atomic mass is 9.71. The number of hydrogen-bond acceptors (Lipinski definition) is 4. The minimum absolute atomic E-state index is 0.0317. The molecule has 0 spiro atoms. The summed E-state index contributed by atoms with van der Waals surface area (Å²) in [6.45, 7) is 6.74. The van der Waals surface area contributed by atoms with E-state index < -0.39 is 0 Å². The molecule has 2 bridgehead atoms. The van der Waals surface area contributed by atoms with Gasteiger partial charge in [-0.3, -0.25) is 9.89 Å². The zero-order valence-corrected chi connectivity index (χ0v) is 11.2. The second kappa shape index (κ2) is 3.34. The molecule has 2 aliphatic rings. The normalized spacial score (nSPS) is 38.9. The van der Waals surface area contributed by atoms with E-state index in [2.05, 4.69) is 36.0 Å². The van der Waals surface area contributed by atoms with Gasteiger partial charge in [0, 0.05) is 5.92 Å². The summed E-state index contributed by atoms with van der Waals surface area (Å²) in [4.78, 5) is 16.6. The van der Waals surface area contributed by atoms with Crippen LogP contribution in [0.3, 0.4) is 0 Å². The minimum Gasteiger partial charge on any atom is -0.298 e. The van der Waals surface area contributed by atoms with Crippen LogP contribution in [-0.4, -0.2) is 26.2 Å². The van der Waals surface area contributed by atoms with E-state index in [4.69, 9.17) is 0 Å². The highest BCUT2D eigenvalue weighted by Gasteiger charge is 2.66. The maximum Gasteiger partial charge on any atom is 0.184 e. The quantitative estimate of drug-likeness (QED) is 0.876. The van der Waals surface area contributed by atoms with Crippen LogP contribution < -0.4 is 0 Å². The first kappa shape index (κ1) is 11.3. The number of carbonyl (C=O) groups excluding carboxylic acids is 1. The predicted molar refractivity (Wildman–Crippen MR) is 65.6 cm³/mol. The lowest BCUT2D eigenvalue weighted by Gasteiger charge is -2.37. The fraction of sp³-hybridized carbons (Fsp3) is 0.750. The van der Waals surface area contributed by atoms with E-state index in [9.17, 15) is 4.79 Å². The predicted octanol–water partition coefficient (Wildman–Crippen LogP) is 2.29. The molecule has 1 aromatic heterocycles. The molecule has 5 heteroatoms. The third kappa shape index (κ3) is 1.29. The van der Waals surface area contributed by atoms with E-state index in [-0.39, 0.29) is 22.0 Å². The van der Waals surface area contributed by atoms with Crippen molar-refractivity contribution in [2.24, 2.45) is 16.7 Å². The number of aromatic nitrogens is 3. The summed E-state index contributed by atoms with van der Waals surface area (Å²) in [6, 6.07) is 0. The van der Waals surface area contributed by atoms with Gasteiger partial charge in [0.15, 0.2) is 5.16 Å². The van der Waals surface area contributed by atoms with Crippen molar-refractivity contribution in [1.82, 2.24) is 15.2 Å². The highest BCUT2D eigenvalue weighted by atomic mass is 32.2. The largest absolute Gasteiger partial charge is 0.298 e. The van der Waals surface area contributed by atoms with Crippen LogP contribution in [0.5, 0.6) is 0 Å². The molecule has 2 saturated carbocycles. The molecule has 17 heavy (non-hydrogen) atoms. The lowest BCUT2D eigenvalue weighted by Crippen LogP contribution is -2.35. The molecule has 0 aromatic carbocycles. The van der Waals surface area contributed by atoms with Gasteiger partial charge in [0.05, 0.1) is 5.25 Å². The van der Waals surface area contributed by atoms with E-state index in [1.54, 1.807) is 11.8 Å². The number of ketones is 1. The van der Waals surface area contributed by atoms with Gasteiger partial charge in [0.2, 0.25) is 0 Å². The van der Waals surface area contributed by atoms with Gasteiger partial charge in [-0.25, -0.2) is 4.98 Å². The van der Waals surface area contributed by atoms with Crippen molar-refractivity contribution < 1.29 is 4.79 Å². The third-order valence-electron chi connectivity index (χ3n) is 5.10. The minimum atomic E-state index is 0.0317. The fourth-order valence-electron chi connectivity index (χ4n) is 3.54. The molecule has 1 heterocycles. The second-order valence-electron chi connectivity index (χ2n) is 5.92. The Kier molecular flexibility index (Phi) is 2.21. The summed E-state index contributed by atoms with van der Waals surface area (Å²) in [5.41, 5.74) is 0.202. The van der Waals surface area contributed by atoms with Crippen molar-refractivity contribution in [3.8, 4) is 0 Å². The first-order chi connectivity index (χ1) is 7.97. The second-order valence-corrected chi connectivity index (χ2v) is 7.02. The maximum absolute atomic E-state index is 12.4. The Morgan fingerprint density at radius 1 is 1.47 bits per heavy atom. The molecule has 2 aliphatic carbocycles. The van der Waals surface area contributed by atoms with Crippen molar-refractivity contribution in [2.45, 2.75) is 44.0 Å². The number of nitrogens with one attached hydrogen (secondary N) is 1. The number of fused-ring (bicyclic) bond motifs is 2. The fourth-order valence-corrected chi connectivity index (χ4v) is 4.94. The molecule has 4 nitrogen and oxygen atoms in total. The molecule has 92 valence electrons. The topological polar surface area (TPSA) is 58.6 Å². The SMILES string of the molecule is CC1(C)C2CCC1(C)C(Sc1ncn[nH]1)C2=O. The molecule has 2 fully saturated rings. The molecule has 0 aliphatic heterocycles. The van der Waals surface area contributed by atoms with Crippen LogP contribution in [0.4, 0.5) is 0 Å². The van der Waals surface area contributed by atoms with Crippen molar-refractivity contribution >= 4 is 17.5 Å². The van der Waals surface area contributed by atoms with Crippen LogP contribution in [0.1, 0.15) is 33.6 Å². The number of thioether (sulfide) groups is 1. The maximum atomic E-state index is 12.4. The number of aromatic amines is 1. The van der Waals surface area contributed by atoms with Crippen molar-refractivity contribution in [3.05, 3.63) is 6.33 Å². The van der Waals surface area contributed by atoms with Crippen LogP contribution in [0.2, 0.25) is 0 Å². The van der Waals surface area contributed by atoms with Crippen LogP contribution in [0.15, 0.2) is 11.5 Å². The molecule has 1 aromatic rings. The zero-order chi connectivity index (χ0) is 12.3. The zero-order valence-electron chi connectivity index (χ0n) is 10.4. The summed E-state index contributed by atoms with van der Waals surface area (Å²) in [5, 5.41) is 7.47. The average Bonchev–Trinajstić information content (AvgIpc) is 2.86. The van der Waals surface area contributed by atoms with E-state index >= 15 is 0 Å². The van der Waals surface area contributed by atoms with Crippen molar-refractivity contribution in [2.75, 3.05) is 0 Å². The Balaban J connectivity index is 1.94. The number of nitrogens with zero attached hydrogens (tertiary/aromatic N) is 2. The Labute approximate surface area is 105 Å². The Bertz CT molecular complexity index is 456.